The van der Waals surface area contributed by atoms with Crippen molar-refractivity contribution < 1.29 is 9.59 Å². The second-order valence-corrected chi connectivity index (χ2v) is 5.38. The molecule has 2 aromatic rings. The van der Waals surface area contributed by atoms with Gasteiger partial charge < -0.3 is 11.1 Å². The lowest BCUT2D eigenvalue weighted by atomic mass is 10.2. The third-order valence-electron chi connectivity index (χ3n) is 2.66. The zero-order valence-corrected chi connectivity index (χ0v) is 11.9. The summed E-state index contributed by atoms with van der Waals surface area (Å²) in [6, 6.07) is 5.79. The van der Waals surface area contributed by atoms with Crippen LogP contribution in [0.1, 0.15) is 20.9 Å². The van der Waals surface area contributed by atoms with E-state index in [-0.39, 0.29) is 5.91 Å². The van der Waals surface area contributed by atoms with E-state index < -0.39 is 6.03 Å². The van der Waals surface area contributed by atoms with Crippen LogP contribution in [0.4, 0.5) is 15.6 Å². The van der Waals surface area contributed by atoms with Gasteiger partial charge in [-0.1, -0.05) is 0 Å². The van der Waals surface area contributed by atoms with E-state index in [1.165, 1.54) is 11.3 Å². The fourth-order valence-electron chi connectivity index (χ4n) is 1.54. The number of hydrogen-bond donors (Lipinski definition) is 3. The summed E-state index contributed by atoms with van der Waals surface area (Å²) in [5.74, 6) is -0.246. The third-order valence-corrected chi connectivity index (χ3v) is 3.65. The van der Waals surface area contributed by atoms with Crippen molar-refractivity contribution in [2.75, 3.05) is 10.6 Å². The summed E-state index contributed by atoms with van der Waals surface area (Å²) in [6.07, 6.45) is 0. The number of benzene rings is 1. The highest BCUT2D eigenvalue weighted by Gasteiger charge is 2.10. The minimum Gasteiger partial charge on any atom is -0.351 e. The van der Waals surface area contributed by atoms with Crippen LogP contribution in [0.3, 0.4) is 0 Å². The maximum atomic E-state index is 12.0. The van der Waals surface area contributed by atoms with Crippen molar-refractivity contribution in [2.24, 2.45) is 5.73 Å². The lowest BCUT2D eigenvalue weighted by Crippen LogP contribution is -2.19. The SMILES string of the molecule is Cc1nc(NC(=O)c2ccc(NC(N)=O)cc2)sc1C. The van der Waals surface area contributed by atoms with Crippen LogP contribution >= 0.6 is 11.3 Å². The van der Waals surface area contributed by atoms with Crippen molar-refractivity contribution in [1.29, 1.82) is 0 Å². The van der Waals surface area contributed by atoms with E-state index in [2.05, 4.69) is 15.6 Å². The summed E-state index contributed by atoms with van der Waals surface area (Å²) in [7, 11) is 0. The summed E-state index contributed by atoms with van der Waals surface area (Å²) >= 11 is 1.43. The van der Waals surface area contributed by atoms with Gasteiger partial charge in [-0.25, -0.2) is 9.78 Å². The van der Waals surface area contributed by atoms with Crippen LogP contribution in [0.25, 0.3) is 0 Å². The fraction of sp³-hybridized carbons (Fsp3) is 0.154. The van der Waals surface area contributed by atoms with E-state index in [4.69, 9.17) is 5.73 Å². The molecule has 0 atom stereocenters. The number of nitrogens with zero attached hydrogens (tertiary/aromatic N) is 1. The largest absolute Gasteiger partial charge is 0.351 e. The molecule has 0 bridgehead atoms. The highest BCUT2D eigenvalue weighted by Crippen LogP contribution is 2.21. The van der Waals surface area contributed by atoms with E-state index in [0.29, 0.717) is 16.4 Å². The Morgan fingerprint density at radius 2 is 1.80 bits per heavy atom. The van der Waals surface area contributed by atoms with Gasteiger partial charge in [0.2, 0.25) is 0 Å². The minimum absolute atomic E-state index is 0.246. The molecule has 20 heavy (non-hydrogen) atoms. The lowest BCUT2D eigenvalue weighted by molar-refractivity contribution is 0.102. The molecule has 0 unspecified atom stereocenters. The minimum atomic E-state index is -0.643. The number of carbonyl (C=O) groups is 2. The first-order chi connectivity index (χ1) is 9.45. The number of urea groups is 1. The number of thiazole rings is 1. The van der Waals surface area contributed by atoms with Gasteiger partial charge in [-0.15, -0.1) is 11.3 Å². The topological polar surface area (TPSA) is 97.1 Å². The van der Waals surface area contributed by atoms with Gasteiger partial charge in [-0.3, -0.25) is 10.1 Å². The Hall–Kier alpha value is -2.41. The first-order valence-corrected chi connectivity index (χ1v) is 6.69. The summed E-state index contributed by atoms with van der Waals surface area (Å²) < 4.78 is 0. The number of amides is 3. The molecule has 1 heterocycles. The molecular weight excluding hydrogens is 276 g/mol. The Morgan fingerprint density at radius 3 is 2.30 bits per heavy atom. The van der Waals surface area contributed by atoms with Gasteiger partial charge in [0.15, 0.2) is 5.13 Å². The molecule has 0 fully saturated rings. The van der Waals surface area contributed by atoms with Gasteiger partial charge in [0, 0.05) is 16.1 Å². The van der Waals surface area contributed by atoms with Gasteiger partial charge in [0.1, 0.15) is 0 Å². The van der Waals surface area contributed by atoms with Crippen LogP contribution in [0.5, 0.6) is 0 Å². The van der Waals surface area contributed by atoms with Gasteiger partial charge in [0.05, 0.1) is 5.69 Å². The van der Waals surface area contributed by atoms with Crippen LogP contribution in [0, 0.1) is 13.8 Å². The Bertz CT molecular complexity index is 629. The molecule has 1 aromatic heterocycles. The molecule has 0 aliphatic rings. The van der Waals surface area contributed by atoms with Gasteiger partial charge >= 0.3 is 6.03 Å². The average Bonchev–Trinajstić information content (AvgIpc) is 2.68. The number of aromatic nitrogens is 1. The monoisotopic (exact) mass is 290 g/mol. The maximum absolute atomic E-state index is 12.0. The first-order valence-electron chi connectivity index (χ1n) is 5.87. The predicted molar refractivity (Wildman–Crippen MR) is 79.2 cm³/mol. The van der Waals surface area contributed by atoms with Crippen molar-refractivity contribution >= 4 is 34.1 Å². The lowest BCUT2D eigenvalue weighted by Gasteiger charge is -2.04. The number of nitrogens with two attached hydrogens (primary N) is 1. The maximum Gasteiger partial charge on any atom is 0.316 e. The van der Waals surface area contributed by atoms with E-state index in [9.17, 15) is 9.59 Å². The molecule has 7 heteroatoms. The van der Waals surface area contributed by atoms with Crippen LogP contribution in [0.2, 0.25) is 0 Å². The zero-order chi connectivity index (χ0) is 14.7. The Labute approximate surface area is 120 Å². The predicted octanol–water partition coefficient (Wildman–Crippen LogP) is 2.50. The Kier molecular flexibility index (Phi) is 3.99. The number of aryl methyl sites for hydroxylation is 2. The molecule has 104 valence electrons. The molecule has 0 aliphatic carbocycles. The molecular formula is C13H14N4O2S. The van der Waals surface area contributed by atoms with Gasteiger partial charge in [0.25, 0.3) is 5.91 Å². The highest BCUT2D eigenvalue weighted by molar-refractivity contribution is 7.15. The van der Waals surface area contributed by atoms with E-state index in [1.807, 2.05) is 13.8 Å². The van der Waals surface area contributed by atoms with Crippen LogP contribution in [-0.4, -0.2) is 16.9 Å². The number of carbonyl (C=O) groups excluding carboxylic acids is 2. The zero-order valence-electron chi connectivity index (χ0n) is 11.1. The molecule has 0 spiro atoms. The number of anilines is 2. The number of rotatable bonds is 3. The summed E-state index contributed by atoms with van der Waals surface area (Å²) in [5, 5.41) is 5.74. The average molecular weight is 290 g/mol. The third kappa shape index (κ3) is 3.33. The standard InChI is InChI=1S/C13H14N4O2S/c1-7-8(2)20-13(15-7)17-11(18)9-3-5-10(6-4-9)16-12(14)19/h3-6H,1-2H3,(H3,14,16,19)(H,15,17,18). The highest BCUT2D eigenvalue weighted by atomic mass is 32.1. The number of primary amides is 1. The van der Waals surface area contributed by atoms with E-state index >= 15 is 0 Å². The smallest absolute Gasteiger partial charge is 0.316 e. The second-order valence-electron chi connectivity index (χ2n) is 4.18. The van der Waals surface area contributed by atoms with Crippen LogP contribution < -0.4 is 16.4 Å². The molecule has 3 amide bonds. The quantitative estimate of drug-likeness (QED) is 0.810. The molecule has 6 nitrogen and oxygen atoms in total. The van der Waals surface area contributed by atoms with E-state index in [1.54, 1.807) is 24.3 Å². The summed E-state index contributed by atoms with van der Waals surface area (Å²) in [5.41, 5.74) is 6.93. The van der Waals surface area contributed by atoms with Crippen molar-refractivity contribution in [3.8, 4) is 0 Å². The molecule has 1 aromatic carbocycles. The van der Waals surface area contributed by atoms with Crippen molar-refractivity contribution in [3.63, 3.8) is 0 Å². The summed E-state index contributed by atoms with van der Waals surface area (Å²) in [6.45, 7) is 3.85. The van der Waals surface area contributed by atoms with Gasteiger partial charge in [-0.2, -0.15) is 0 Å². The van der Waals surface area contributed by atoms with Crippen LogP contribution in [-0.2, 0) is 0 Å². The molecule has 2 rings (SSSR count). The van der Waals surface area contributed by atoms with Crippen molar-refractivity contribution in [2.45, 2.75) is 13.8 Å². The normalized spacial score (nSPS) is 10.1. The molecule has 4 N–H and O–H groups in total. The second kappa shape index (κ2) is 5.70. The molecule has 0 aliphatic heterocycles. The first kappa shape index (κ1) is 14.0. The summed E-state index contributed by atoms with van der Waals surface area (Å²) in [4.78, 5) is 28.0. The molecule has 0 radical (unpaired) electrons. The van der Waals surface area contributed by atoms with Crippen LogP contribution in [0.15, 0.2) is 24.3 Å². The van der Waals surface area contributed by atoms with Crippen molar-refractivity contribution in [3.05, 3.63) is 40.4 Å². The molecule has 0 saturated heterocycles. The van der Waals surface area contributed by atoms with E-state index in [0.717, 1.165) is 10.6 Å². The fourth-order valence-corrected chi connectivity index (χ4v) is 2.35. The number of hydrogen-bond acceptors (Lipinski definition) is 4. The van der Waals surface area contributed by atoms with Crippen molar-refractivity contribution in [1.82, 2.24) is 4.98 Å². The Balaban J connectivity index is 2.07. The number of nitrogens with one attached hydrogen (secondary N) is 2. The molecule has 0 saturated carbocycles. The Morgan fingerprint density at radius 1 is 1.15 bits per heavy atom. The van der Waals surface area contributed by atoms with Gasteiger partial charge in [-0.05, 0) is 38.1 Å².